The molecule has 0 saturated carbocycles. The van der Waals surface area contributed by atoms with E-state index in [1.165, 1.54) is 18.2 Å². The average Bonchev–Trinajstić information content (AvgIpc) is 2.40. The summed E-state index contributed by atoms with van der Waals surface area (Å²) in [6, 6.07) is 4.21. The lowest BCUT2D eigenvalue weighted by Gasteiger charge is -2.23. The van der Waals surface area contributed by atoms with Crippen LogP contribution in [0.3, 0.4) is 0 Å². The Hall–Kier alpha value is -2.15. The fourth-order valence-electron chi connectivity index (χ4n) is 2.08. The van der Waals surface area contributed by atoms with Gasteiger partial charge in [-0.25, -0.2) is 0 Å². The van der Waals surface area contributed by atoms with Gasteiger partial charge in [-0.15, -0.1) is 0 Å². The zero-order valence-electron chi connectivity index (χ0n) is 10.4. The van der Waals surface area contributed by atoms with E-state index >= 15 is 0 Å². The molecule has 0 atom stereocenters. The van der Waals surface area contributed by atoms with Gasteiger partial charge in [-0.3, -0.25) is 14.9 Å². The third kappa shape index (κ3) is 3.19. The number of nitro groups is 1. The van der Waals surface area contributed by atoms with Crippen molar-refractivity contribution in [1.82, 2.24) is 10.6 Å². The normalized spacial score (nSPS) is 16.0. The molecule has 7 heteroatoms. The lowest BCUT2D eigenvalue weighted by Crippen LogP contribution is -2.42. The van der Waals surface area contributed by atoms with Gasteiger partial charge in [0.05, 0.1) is 4.92 Å². The van der Waals surface area contributed by atoms with Crippen LogP contribution in [0.1, 0.15) is 23.2 Å². The van der Waals surface area contributed by atoms with E-state index in [-0.39, 0.29) is 28.9 Å². The average molecular weight is 264 g/mol. The number of nitrogen functional groups attached to an aromatic ring is 1. The van der Waals surface area contributed by atoms with Gasteiger partial charge < -0.3 is 16.4 Å². The quantitative estimate of drug-likeness (QED) is 0.422. The van der Waals surface area contributed by atoms with Gasteiger partial charge in [-0.05, 0) is 38.1 Å². The van der Waals surface area contributed by atoms with Gasteiger partial charge in [0, 0.05) is 17.7 Å². The van der Waals surface area contributed by atoms with E-state index in [4.69, 9.17) is 5.73 Å². The van der Waals surface area contributed by atoms with E-state index in [0.717, 1.165) is 25.9 Å². The largest absolute Gasteiger partial charge is 0.393 e. The molecule has 19 heavy (non-hydrogen) atoms. The molecule has 0 unspecified atom stereocenters. The van der Waals surface area contributed by atoms with Crippen molar-refractivity contribution in [3.8, 4) is 0 Å². The molecule has 0 aliphatic carbocycles. The fourth-order valence-corrected chi connectivity index (χ4v) is 2.08. The van der Waals surface area contributed by atoms with Gasteiger partial charge in [0.2, 0.25) is 0 Å². The number of nitrogens with zero attached hydrogens (tertiary/aromatic N) is 1. The number of anilines is 1. The zero-order valence-corrected chi connectivity index (χ0v) is 10.4. The third-order valence-electron chi connectivity index (χ3n) is 3.16. The van der Waals surface area contributed by atoms with Crippen molar-refractivity contribution in [2.24, 2.45) is 0 Å². The Kier molecular flexibility index (Phi) is 3.96. The third-order valence-corrected chi connectivity index (χ3v) is 3.16. The molecule has 0 radical (unpaired) electrons. The highest BCUT2D eigenvalue weighted by molar-refractivity contribution is 5.95. The summed E-state index contributed by atoms with van der Waals surface area (Å²) in [6.45, 7) is 1.74. The first-order valence-corrected chi connectivity index (χ1v) is 6.13. The molecule has 102 valence electrons. The molecular formula is C12H16N4O3. The fraction of sp³-hybridized carbons (Fsp3) is 0.417. The van der Waals surface area contributed by atoms with Gasteiger partial charge >= 0.3 is 0 Å². The van der Waals surface area contributed by atoms with Crippen LogP contribution in [-0.2, 0) is 0 Å². The molecule has 1 heterocycles. The maximum atomic E-state index is 12.0. The summed E-state index contributed by atoms with van der Waals surface area (Å²) in [6.07, 6.45) is 1.73. The second-order valence-electron chi connectivity index (χ2n) is 4.53. The lowest BCUT2D eigenvalue weighted by molar-refractivity contribution is -0.383. The molecule has 0 spiro atoms. The molecule has 1 fully saturated rings. The van der Waals surface area contributed by atoms with Crippen molar-refractivity contribution in [1.29, 1.82) is 0 Å². The molecule has 0 aromatic heterocycles. The highest BCUT2D eigenvalue weighted by Crippen LogP contribution is 2.22. The number of carbonyl (C=O) groups excluding carboxylic acids is 1. The van der Waals surface area contributed by atoms with Crippen molar-refractivity contribution in [3.63, 3.8) is 0 Å². The van der Waals surface area contributed by atoms with Gasteiger partial charge in [0.1, 0.15) is 5.69 Å². The van der Waals surface area contributed by atoms with Crippen LogP contribution in [0.25, 0.3) is 0 Å². The summed E-state index contributed by atoms with van der Waals surface area (Å²) in [5.41, 5.74) is 5.58. The van der Waals surface area contributed by atoms with Crippen molar-refractivity contribution in [2.75, 3.05) is 18.8 Å². The summed E-state index contributed by atoms with van der Waals surface area (Å²) < 4.78 is 0. The summed E-state index contributed by atoms with van der Waals surface area (Å²) in [5, 5.41) is 16.9. The van der Waals surface area contributed by atoms with Crippen LogP contribution < -0.4 is 16.4 Å². The number of hydrogen-bond acceptors (Lipinski definition) is 5. The molecule has 2 rings (SSSR count). The summed E-state index contributed by atoms with van der Waals surface area (Å²) in [4.78, 5) is 22.2. The Morgan fingerprint density at radius 1 is 1.42 bits per heavy atom. The zero-order chi connectivity index (χ0) is 13.8. The minimum Gasteiger partial charge on any atom is -0.393 e. The van der Waals surface area contributed by atoms with Crippen LogP contribution in [0.5, 0.6) is 0 Å². The second-order valence-corrected chi connectivity index (χ2v) is 4.53. The highest BCUT2D eigenvalue weighted by Gasteiger charge is 2.19. The van der Waals surface area contributed by atoms with E-state index in [2.05, 4.69) is 10.6 Å². The van der Waals surface area contributed by atoms with E-state index in [1.54, 1.807) is 0 Å². The van der Waals surface area contributed by atoms with Crippen LogP contribution >= 0.6 is 0 Å². The Balaban J connectivity index is 2.10. The first-order chi connectivity index (χ1) is 9.08. The Bertz CT molecular complexity index is 498. The number of benzene rings is 1. The first kappa shape index (κ1) is 13.3. The van der Waals surface area contributed by atoms with Crippen molar-refractivity contribution < 1.29 is 9.72 Å². The highest BCUT2D eigenvalue weighted by atomic mass is 16.6. The van der Waals surface area contributed by atoms with E-state index in [1.807, 2.05) is 0 Å². The molecule has 4 N–H and O–H groups in total. The predicted molar refractivity (Wildman–Crippen MR) is 70.9 cm³/mol. The number of carbonyl (C=O) groups is 1. The molecule has 1 saturated heterocycles. The molecule has 1 aromatic carbocycles. The predicted octanol–water partition coefficient (Wildman–Crippen LogP) is 0.659. The summed E-state index contributed by atoms with van der Waals surface area (Å²) in [7, 11) is 0. The minimum absolute atomic E-state index is 0.0587. The van der Waals surface area contributed by atoms with Crippen LogP contribution in [-0.4, -0.2) is 30.0 Å². The van der Waals surface area contributed by atoms with Crippen LogP contribution in [0.2, 0.25) is 0 Å². The number of amides is 1. The van der Waals surface area contributed by atoms with Gasteiger partial charge in [-0.2, -0.15) is 0 Å². The number of rotatable bonds is 3. The van der Waals surface area contributed by atoms with Crippen LogP contribution in [0, 0.1) is 10.1 Å². The second kappa shape index (κ2) is 5.66. The van der Waals surface area contributed by atoms with Gasteiger partial charge in [0.15, 0.2) is 0 Å². The van der Waals surface area contributed by atoms with Gasteiger partial charge in [0.25, 0.3) is 11.6 Å². The maximum absolute atomic E-state index is 12.0. The summed E-state index contributed by atoms with van der Waals surface area (Å²) in [5.74, 6) is -0.296. The molecule has 7 nitrogen and oxygen atoms in total. The van der Waals surface area contributed by atoms with Crippen molar-refractivity contribution in [2.45, 2.75) is 18.9 Å². The number of piperidine rings is 1. The Morgan fingerprint density at radius 3 is 2.74 bits per heavy atom. The van der Waals surface area contributed by atoms with Crippen LogP contribution in [0.4, 0.5) is 11.4 Å². The smallest absolute Gasteiger partial charge is 0.292 e. The maximum Gasteiger partial charge on any atom is 0.292 e. The summed E-state index contributed by atoms with van der Waals surface area (Å²) >= 11 is 0. The number of nitrogens with two attached hydrogens (primary N) is 1. The SMILES string of the molecule is Nc1ccc(C(=O)NC2CCNCC2)cc1[N+](=O)[O-]. The number of hydrogen-bond donors (Lipinski definition) is 3. The molecule has 1 aromatic rings. The van der Waals surface area contributed by atoms with E-state index in [0.29, 0.717) is 0 Å². The van der Waals surface area contributed by atoms with Crippen molar-refractivity contribution in [3.05, 3.63) is 33.9 Å². The molecule has 1 amide bonds. The van der Waals surface area contributed by atoms with Crippen molar-refractivity contribution >= 4 is 17.3 Å². The number of nitrogens with one attached hydrogen (secondary N) is 2. The van der Waals surface area contributed by atoms with E-state index < -0.39 is 4.92 Å². The lowest BCUT2D eigenvalue weighted by atomic mass is 10.1. The standard InChI is InChI=1S/C12H16N4O3/c13-10-2-1-8(7-11(10)16(18)19)12(17)15-9-3-5-14-6-4-9/h1-2,7,9,14H,3-6,13H2,(H,15,17). The molecule has 0 bridgehead atoms. The monoisotopic (exact) mass is 264 g/mol. The Morgan fingerprint density at radius 2 is 2.11 bits per heavy atom. The van der Waals surface area contributed by atoms with E-state index in [9.17, 15) is 14.9 Å². The Labute approximate surface area is 110 Å². The minimum atomic E-state index is -0.587. The molecular weight excluding hydrogens is 248 g/mol. The topological polar surface area (TPSA) is 110 Å². The molecule has 1 aliphatic heterocycles. The van der Waals surface area contributed by atoms with Crippen LogP contribution in [0.15, 0.2) is 18.2 Å². The number of nitro benzene ring substituents is 1. The first-order valence-electron chi connectivity index (χ1n) is 6.13. The van der Waals surface area contributed by atoms with Gasteiger partial charge in [-0.1, -0.05) is 0 Å². The molecule has 1 aliphatic rings.